The van der Waals surface area contributed by atoms with Crippen molar-refractivity contribution < 1.29 is 19.1 Å². The van der Waals surface area contributed by atoms with Gasteiger partial charge >= 0.3 is 0 Å². The predicted octanol–water partition coefficient (Wildman–Crippen LogP) is 3.52. The van der Waals surface area contributed by atoms with Crippen molar-refractivity contribution in [1.82, 2.24) is 0 Å². The van der Waals surface area contributed by atoms with E-state index in [1.54, 1.807) is 31.2 Å². The molecule has 0 saturated carbocycles. The number of carbonyl (C=O) groups is 2. The van der Waals surface area contributed by atoms with Crippen molar-refractivity contribution in [2.24, 2.45) is 10.8 Å². The zero-order valence-electron chi connectivity index (χ0n) is 16.0. The Morgan fingerprint density at radius 3 is 2.69 bits per heavy atom. The minimum absolute atomic E-state index is 0.215. The van der Waals surface area contributed by atoms with Crippen molar-refractivity contribution >= 4 is 45.2 Å². The molecule has 0 radical (unpaired) electrons. The van der Waals surface area contributed by atoms with Crippen LogP contribution in [0.1, 0.15) is 19.4 Å². The molecule has 1 aliphatic rings. The number of halogens is 1. The quantitative estimate of drug-likeness (QED) is 0.643. The van der Waals surface area contributed by atoms with Gasteiger partial charge in [-0.15, -0.1) is 0 Å². The number of carbonyl (C=O) groups excluding carboxylic acids is 2. The van der Waals surface area contributed by atoms with E-state index in [4.69, 9.17) is 15.2 Å². The van der Waals surface area contributed by atoms with Crippen LogP contribution in [-0.2, 0) is 9.59 Å². The summed E-state index contributed by atoms with van der Waals surface area (Å²) in [6.45, 7) is 3.81. The summed E-state index contributed by atoms with van der Waals surface area (Å²) in [7, 11) is 0. The van der Waals surface area contributed by atoms with Crippen molar-refractivity contribution in [3.8, 4) is 11.5 Å². The number of hydrogen-bond donors (Lipinski definition) is 1. The van der Waals surface area contributed by atoms with E-state index in [2.05, 4.69) is 21.0 Å². The summed E-state index contributed by atoms with van der Waals surface area (Å²) in [5.41, 5.74) is 7.65. The molecule has 0 aromatic heterocycles. The van der Waals surface area contributed by atoms with Gasteiger partial charge in [-0.2, -0.15) is 10.1 Å². The molecular weight excluding hydrogens is 438 g/mol. The molecule has 7 nitrogen and oxygen atoms in total. The van der Waals surface area contributed by atoms with E-state index in [1.807, 2.05) is 31.2 Å². The molecule has 1 aliphatic heterocycles. The van der Waals surface area contributed by atoms with Gasteiger partial charge in [-0.25, -0.2) is 0 Å². The summed E-state index contributed by atoms with van der Waals surface area (Å²) in [6.07, 6.45) is 1.75. The van der Waals surface area contributed by atoms with Crippen LogP contribution in [0.3, 0.4) is 0 Å². The van der Waals surface area contributed by atoms with Crippen molar-refractivity contribution in [2.45, 2.75) is 13.8 Å². The SMILES string of the molecule is CCOc1cc(/C=C2/C(=O)N(c3cccc(Br)c3)N=C2C)ccc1OCC(N)=O. The fourth-order valence-electron chi connectivity index (χ4n) is 2.78. The van der Waals surface area contributed by atoms with Crippen molar-refractivity contribution in [3.05, 3.63) is 58.1 Å². The maximum Gasteiger partial charge on any atom is 0.280 e. The molecule has 0 atom stereocenters. The molecule has 0 bridgehead atoms. The number of rotatable bonds is 7. The third-order valence-corrected chi connectivity index (χ3v) is 4.56. The average molecular weight is 458 g/mol. The van der Waals surface area contributed by atoms with Crippen LogP contribution in [0.5, 0.6) is 11.5 Å². The van der Waals surface area contributed by atoms with Crippen LogP contribution in [0.2, 0.25) is 0 Å². The van der Waals surface area contributed by atoms with Gasteiger partial charge in [-0.05, 0) is 55.8 Å². The molecule has 0 aliphatic carbocycles. The Morgan fingerprint density at radius 2 is 2.00 bits per heavy atom. The number of anilines is 1. The molecule has 29 heavy (non-hydrogen) atoms. The van der Waals surface area contributed by atoms with Gasteiger partial charge in [-0.1, -0.05) is 28.1 Å². The molecule has 3 rings (SSSR count). The lowest BCUT2D eigenvalue weighted by molar-refractivity contribution is -0.120. The molecule has 2 aromatic carbocycles. The molecule has 0 unspecified atom stereocenters. The first-order chi connectivity index (χ1) is 13.9. The van der Waals surface area contributed by atoms with Crippen LogP contribution in [0.25, 0.3) is 6.08 Å². The average Bonchev–Trinajstić information content (AvgIpc) is 2.96. The highest BCUT2D eigenvalue weighted by Gasteiger charge is 2.28. The maximum atomic E-state index is 12.9. The van der Waals surface area contributed by atoms with Gasteiger partial charge in [0.2, 0.25) is 0 Å². The molecule has 0 spiro atoms. The zero-order valence-corrected chi connectivity index (χ0v) is 17.6. The third-order valence-electron chi connectivity index (χ3n) is 4.06. The number of ether oxygens (including phenoxy) is 2. The smallest absolute Gasteiger partial charge is 0.280 e. The molecule has 2 amide bonds. The fourth-order valence-corrected chi connectivity index (χ4v) is 3.17. The monoisotopic (exact) mass is 457 g/mol. The number of nitrogens with two attached hydrogens (primary N) is 1. The summed E-state index contributed by atoms with van der Waals surface area (Å²) in [5.74, 6) is 0.0842. The minimum atomic E-state index is -0.574. The lowest BCUT2D eigenvalue weighted by Gasteiger charge is -2.12. The van der Waals surface area contributed by atoms with E-state index in [0.29, 0.717) is 35.1 Å². The van der Waals surface area contributed by atoms with Crippen LogP contribution < -0.4 is 20.2 Å². The Hall–Kier alpha value is -3.13. The first-order valence-corrected chi connectivity index (χ1v) is 9.73. The molecule has 1 heterocycles. The molecule has 2 aromatic rings. The van der Waals surface area contributed by atoms with Crippen molar-refractivity contribution in [2.75, 3.05) is 18.2 Å². The van der Waals surface area contributed by atoms with Crippen LogP contribution in [-0.4, -0.2) is 30.7 Å². The highest BCUT2D eigenvalue weighted by molar-refractivity contribution is 9.10. The lowest BCUT2D eigenvalue weighted by Crippen LogP contribution is -2.21. The Bertz CT molecular complexity index is 1020. The molecule has 8 heteroatoms. The van der Waals surface area contributed by atoms with Gasteiger partial charge in [0.05, 0.1) is 23.6 Å². The van der Waals surface area contributed by atoms with Crippen LogP contribution in [0, 0.1) is 0 Å². The Morgan fingerprint density at radius 1 is 1.21 bits per heavy atom. The largest absolute Gasteiger partial charge is 0.490 e. The summed E-state index contributed by atoms with van der Waals surface area (Å²) >= 11 is 3.41. The lowest BCUT2D eigenvalue weighted by atomic mass is 10.1. The van der Waals surface area contributed by atoms with Crippen LogP contribution in [0.4, 0.5) is 5.69 Å². The summed E-state index contributed by atoms with van der Waals surface area (Å²) in [4.78, 5) is 23.9. The second-order valence-electron chi connectivity index (χ2n) is 6.23. The van der Waals surface area contributed by atoms with Crippen molar-refractivity contribution in [3.63, 3.8) is 0 Å². The number of hydrogen-bond acceptors (Lipinski definition) is 5. The second-order valence-corrected chi connectivity index (χ2v) is 7.15. The first kappa shape index (κ1) is 20.6. The van der Waals surface area contributed by atoms with Gasteiger partial charge in [0.25, 0.3) is 11.8 Å². The Balaban J connectivity index is 1.89. The van der Waals surface area contributed by atoms with E-state index in [1.165, 1.54) is 5.01 Å². The second kappa shape index (κ2) is 8.91. The Kier molecular flexibility index (Phi) is 6.33. The predicted molar refractivity (Wildman–Crippen MR) is 115 cm³/mol. The molecule has 150 valence electrons. The fraction of sp³-hybridized carbons (Fsp3) is 0.190. The molecular formula is C21H20BrN3O4. The topological polar surface area (TPSA) is 94.2 Å². The highest BCUT2D eigenvalue weighted by Crippen LogP contribution is 2.31. The van der Waals surface area contributed by atoms with E-state index in [0.717, 1.165) is 10.0 Å². The number of nitrogens with zero attached hydrogens (tertiary/aromatic N) is 2. The number of benzene rings is 2. The first-order valence-electron chi connectivity index (χ1n) is 8.94. The van der Waals surface area contributed by atoms with Crippen molar-refractivity contribution in [1.29, 1.82) is 0 Å². The molecule has 0 saturated heterocycles. The van der Waals surface area contributed by atoms with E-state index in [9.17, 15) is 9.59 Å². The molecule has 0 fully saturated rings. The Labute approximate surface area is 176 Å². The number of hydrazone groups is 1. The number of primary amides is 1. The van der Waals surface area contributed by atoms with Gasteiger partial charge in [0, 0.05) is 4.47 Å². The number of amides is 2. The summed E-state index contributed by atoms with van der Waals surface area (Å²) in [5, 5.41) is 5.76. The van der Waals surface area contributed by atoms with E-state index >= 15 is 0 Å². The maximum absolute atomic E-state index is 12.9. The summed E-state index contributed by atoms with van der Waals surface area (Å²) in [6, 6.07) is 12.6. The highest BCUT2D eigenvalue weighted by atomic mass is 79.9. The van der Waals surface area contributed by atoms with E-state index in [-0.39, 0.29) is 12.5 Å². The third kappa shape index (κ3) is 4.83. The molecule has 2 N–H and O–H groups in total. The zero-order chi connectivity index (χ0) is 21.0. The van der Waals surface area contributed by atoms with Gasteiger partial charge < -0.3 is 15.2 Å². The normalized spacial score (nSPS) is 14.9. The van der Waals surface area contributed by atoms with Gasteiger partial charge in [0.1, 0.15) is 0 Å². The van der Waals surface area contributed by atoms with Gasteiger partial charge in [0.15, 0.2) is 18.1 Å². The van der Waals surface area contributed by atoms with Crippen LogP contribution >= 0.6 is 15.9 Å². The standard InChI is InChI=1S/C21H20BrN3O4/c1-3-28-19-10-14(7-8-18(19)29-12-20(23)26)9-17-13(2)24-25(21(17)27)16-6-4-5-15(22)11-16/h4-11H,3,12H2,1-2H3,(H2,23,26)/b17-9+. The minimum Gasteiger partial charge on any atom is -0.490 e. The summed E-state index contributed by atoms with van der Waals surface area (Å²) < 4.78 is 11.8. The van der Waals surface area contributed by atoms with Crippen LogP contribution in [0.15, 0.2) is 57.6 Å². The van der Waals surface area contributed by atoms with Gasteiger partial charge in [-0.3, -0.25) is 9.59 Å². The van der Waals surface area contributed by atoms with E-state index < -0.39 is 5.91 Å².